The molecule has 0 unspecified atom stereocenters. The first-order chi connectivity index (χ1) is 6.27. The maximum absolute atomic E-state index is 12.8. The van der Waals surface area contributed by atoms with Gasteiger partial charge in [-0.1, -0.05) is 42.1 Å². The SMILES string of the molecule is O=C1N[C@H](c2ccccc2)S[C@@H]1F. The van der Waals surface area contributed by atoms with E-state index in [4.69, 9.17) is 0 Å². The van der Waals surface area contributed by atoms with Crippen molar-refractivity contribution in [2.24, 2.45) is 0 Å². The third-order valence-electron chi connectivity index (χ3n) is 1.84. The number of hydrogen-bond acceptors (Lipinski definition) is 2. The van der Waals surface area contributed by atoms with Crippen molar-refractivity contribution in [3.05, 3.63) is 35.9 Å². The zero-order valence-electron chi connectivity index (χ0n) is 6.74. The van der Waals surface area contributed by atoms with Crippen LogP contribution in [-0.4, -0.2) is 11.4 Å². The summed E-state index contributed by atoms with van der Waals surface area (Å²) in [5.41, 5.74) is -0.494. The van der Waals surface area contributed by atoms with Crippen LogP contribution in [0, 0.1) is 0 Å². The number of benzene rings is 1. The van der Waals surface area contributed by atoms with Gasteiger partial charge in [-0.3, -0.25) is 4.79 Å². The van der Waals surface area contributed by atoms with Crippen molar-refractivity contribution in [1.82, 2.24) is 5.32 Å². The van der Waals surface area contributed by atoms with Gasteiger partial charge in [0.05, 0.1) is 0 Å². The van der Waals surface area contributed by atoms with E-state index >= 15 is 0 Å². The second-order valence-corrected chi connectivity index (χ2v) is 3.91. The van der Waals surface area contributed by atoms with Gasteiger partial charge in [0.15, 0.2) is 0 Å². The van der Waals surface area contributed by atoms with Crippen LogP contribution in [0.25, 0.3) is 0 Å². The molecule has 0 spiro atoms. The monoisotopic (exact) mass is 197 g/mol. The minimum Gasteiger partial charge on any atom is -0.337 e. The van der Waals surface area contributed by atoms with Crippen LogP contribution in [0.1, 0.15) is 10.9 Å². The standard InChI is InChI=1S/C9H8FNOS/c10-7-8(12)11-9(13-7)6-4-2-1-3-5-6/h1-5,7,9H,(H,11,12)/t7-,9-/m0/s1. The third kappa shape index (κ3) is 1.67. The van der Waals surface area contributed by atoms with Crippen LogP contribution < -0.4 is 5.32 Å². The molecule has 13 heavy (non-hydrogen) atoms. The fourth-order valence-corrected chi connectivity index (χ4v) is 2.13. The van der Waals surface area contributed by atoms with Crippen LogP contribution >= 0.6 is 11.8 Å². The average Bonchev–Trinajstić information content (AvgIpc) is 2.49. The number of thioether (sulfide) groups is 1. The van der Waals surface area contributed by atoms with E-state index in [1.54, 1.807) is 0 Å². The lowest BCUT2D eigenvalue weighted by atomic mass is 10.2. The van der Waals surface area contributed by atoms with Crippen LogP contribution in [0.2, 0.25) is 0 Å². The van der Waals surface area contributed by atoms with Gasteiger partial charge in [0.25, 0.3) is 5.91 Å². The molecule has 1 aliphatic rings. The van der Waals surface area contributed by atoms with E-state index in [2.05, 4.69) is 5.32 Å². The van der Waals surface area contributed by atoms with E-state index in [1.165, 1.54) is 0 Å². The van der Waals surface area contributed by atoms with Crippen LogP contribution in [0.15, 0.2) is 30.3 Å². The van der Waals surface area contributed by atoms with Crippen LogP contribution in [-0.2, 0) is 4.79 Å². The molecule has 1 amide bonds. The number of halogens is 1. The Morgan fingerprint density at radius 3 is 2.54 bits per heavy atom. The van der Waals surface area contributed by atoms with Crippen molar-refractivity contribution < 1.29 is 9.18 Å². The highest BCUT2D eigenvalue weighted by Gasteiger charge is 2.33. The zero-order chi connectivity index (χ0) is 9.26. The Morgan fingerprint density at radius 1 is 1.31 bits per heavy atom. The van der Waals surface area contributed by atoms with E-state index in [0.717, 1.165) is 17.3 Å². The second kappa shape index (κ2) is 3.38. The Bertz CT molecular complexity index is 317. The lowest BCUT2D eigenvalue weighted by molar-refractivity contribution is -0.122. The van der Waals surface area contributed by atoms with E-state index in [1.807, 2.05) is 30.3 Å². The summed E-state index contributed by atoms with van der Waals surface area (Å²) in [6.45, 7) is 0. The summed E-state index contributed by atoms with van der Waals surface area (Å²) in [6.07, 6.45) is 0. The molecule has 1 aromatic carbocycles. The fraction of sp³-hybridized carbons (Fsp3) is 0.222. The molecule has 1 aromatic rings. The molecule has 1 N–H and O–H groups in total. The molecule has 1 fully saturated rings. The quantitative estimate of drug-likeness (QED) is 0.744. The summed E-state index contributed by atoms with van der Waals surface area (Å²) >= 11 is 0.999. The first kappa shape index (κ1) is 8.56. The molecular formula is C9H8FNOS. The molecule has 0 bridgehead atoms. The number of carbonyl (C=O) groups excluding carboxylic acids is 1. The lowest BCUT2D eigenvalue weighted by Gasteiger charge is -2.07. The highest BCUT2D eigenvalue weighted by molar-refractivity contribution is 8.01. The average molecular weight is 197 g/mol. The van der Waals surface area contributed by atoms with Crippen LogP contribution in [0.3, 0.4) is 0 Å². The number of alkyl halides is 1. The minimum atomic E-state index is -1.43. The minimum absolute atomic E-state index is 0.233. The summed E-state index contributed by atoms with van der Waals surface area (Å²) in [7, 11) is 0. The van der Waals surface area contributed by atoms with Gasteiger partial charge < -0.3 is 5.32 Å². The third-order valence-corrected chi connectivity index (χ3v) is 2.95. The summed E-state index contributed by atoms with van der Waals surface area (Å²) in [6, 6.07) is 9.37. The number of rotatable bonds is 1. The molecule has 0 aromatic heterocycles. The van der Waals surface area contributed by atoms with Gasteiger partial charge in [-0.25, -0.2) is 4.39 Å². The van der Waals surface area contributed by atoms with Gasteiger partial charge >= 0.3 is 0 Å². The number of hydrogen-bond donors (Lipinski definition) is 1. The van der Waals surface area contributed by atoms with Gasteiger partial charge in [-0.05, 0) is 5.56 Å². The molecule has 0 saturated carbocycles. The smallest absolute Gasteiger partial charge is 0.266 e. The Morgan fingerprint density at radius 2 is 2.00 bits per heavy atom. The number of nitrogens with one attached hydrogen (secondary N) is 1. The van der Waals surface area contributed by atoms with Gasteiger partial charge in [0.1, 0.15) is 5.37 Å². The molecule has 2 nitrogen and oxygen atoms in total. The molecule has 0 radical (unpaired) electrons. The van der Waals surface area contributed by atoms with Gasteiger partial charge in [0.2, 0.25) is 5.50 Å². The predicted octanol–water partition coefficient (Wildman–Crippen LogP) is 1.84. The molecule has 4 heteroatoms. The normalized spacial score (nSPS) is 27.3. The largest absolute Gasteiger partial charge is 0.337 e. The second-order valence-electron chi connectivity index (χ2n) is 2.75. The molecule has 1 heterocycles. The fourth-order valence-electron chi connectivity index (χ4n) is 1.20. The summed E-state index contributed by atoms with van der Waals surface area (Å²) in [5.74, 6) is -0.529. The number of amides is 1. The predicted molar refractivity (Wildman–Crippen MR) is 49.8 cm³/mol. The Labute approximate surface area is 79.5 Å². The van der Waals surface area contributed by atoms with E-state index in [0.29, 0.717) is 0 Å². The maximum Gasteiger partial charge on any atom is 0.266 e. The molecular weight excluding hydrogens is 189 g/mol. The number of carbonyl (C=O) groups is 1. The summed E-state index contributed by atoms with van der Waals surface area (Å²) in [5, 5.41) is 2.34. The maximum atomic E-state index is 12.8. The molecule has 2 atom stereocenters. The van der Waals surface area contributed by atoms with Crippen molar-refractivity contribution in [2.75, 3.05) is 0 Å². The lowest BCUT2D eigenvalue weighted by Crippen LogP contribution is -2.21. The zero-order valence-corrected chi connectivity index (χ0v) is 7.55. The molecule has 1 aliphatic heterocycles. The molecule has 0 aliphatic carbocycles. The van der Waals surface area contributed by atoms with Crippen molar-refractivity contribution in [3.63, 3.8) is 0 Å². The van der Waals surface area contributed by atoms with Crippen molar-refractivity contribution >= 4 is 17.7 Å². The van der Waals surface area contributed by atoms with Gasteiger partial charge in [0, 0.05) is 0 Å². The first-order valence-corrected chi connectivity index (χ1v) is 4.86. The highest BCUT2D eigenvalue weighted by atomic mass is 32.2. The van der Waals surface area contributed by atoms with Crippen LogP contribution in [0.5, 0.6) is 0 Å². The van der Waals surface area contributed by atoms with Gasteiger partial charge in [-0.2, -0.15) is 0 Å². The van der Waals surface area contributed by atoms with E-state index in [9.17, 15) is 9.18 Å². The first-order valence-electron chi connectivity index (χ1n) is 3.92. The van der Waals surface area contributed by atoms with Crippen molar-refractivity contribution in [2.45, 2.75) is 10.9 Å². The van der Waals surface area contributed by atoms with Gasteiger partial charge in [-0.15, -0.1) is 0 Å². The van der Waals surface area contributed by atoms with Crippen LogP contribution in [0.4, 0.5) is 4.39 Å². The topological polar surface area (TPSA) is 29.1 Å². The molecule has 1 saturated heterocycles. The van der Waals surface area contributed by atoms with Crippen molar-refractivity contribution in [3.8, 4) is 0 Å². The summed E-state index contributed by atoms with van der Waals surface area (Å²) < 4.78 is 12.8. The molecule has 68 valence electrons. The Hall–Kier alpha value is -1.03. The molecule has 2 rings (SSSR count). The van der Waals surface area contributed by atoms with E-state index < -0.39 is 11.4 Å². The Balaban J connectivity index is 2.17. The highest BCUT2D eigenvalue weighted by Crippen LogP contribution is 2.35. The summed E-state index contributed by atoms with van der Waals surface area (Å²) in [4.78, 5) is 10.9. The van der Waals surface area contributed by atoms with Crippen molar-refractivity contribution in [1.29, 1.82) is 0 Å². The Kier molecular flexibility index (Phi) is 2.22. The van der Waals surface area contributed by atoms with E-state index in [-0.39, 0.29) is 5.37 Å².